The number of hydrogen-bond donors (Lipinski definition) is 2. The highest BCUT2D eigenvalue weighted by atomic mass is 32.1. The van der Waals surface area contributed by atoms with Crippen LogP contribution in [-0.2, 0) is 16.1 Å². The number of benzene rings is 1. The van der Waals surface area contributed by atoms with Crippen LogP contribution in [0.5, 0.6) is 5.75 Å². The Balaban J connectivity index is 0.000000429. The molecule has 3 aromatic heterocycles. The molecule has 0 radical (unpaired) electrons. The van der Waals surface area contributed by atoms with Crippen molar-refractivity contribution in [1.82, 2.24) is 14.5 Å². The first-order valence-corrected chi connectivity index (χ1v) is 11.5. The smallest absolute Gasteiger partial charge is 0.490 e. The molecule has 0 aliphatic rings. The van der Waals surface area contributed by atoms with Crippen molar-refractivity contribution >= 4 is 55.0 Å². The zero-order chi connectivity index (χ0) is 25.4. The molecule has 0 bridgehead atoms. The molecular weight excluding hydrogens is 509 g/mol. The third-order valence-electron chi connectivity index (χ3n) is 4.23. The van der Waals surface area contributed by atoms with E-state index in [0.29, 0.717) is 11.5 Å². The maximum atomic E-state index is 12.2. The Morgan fingerprint density at radius 3 is 2.60 bits per heavy atom. The molecule has 4 aromatic rings. The number of carbonyl (C=O) groups is 2. The molecule has 3 heterocycles. The Morgan fingerprint density at radius 1 is 1.23 bits per heavy atom. The predicted molar refractivity (Wildman–Crippen MR) is 125 cm³/mol. The number of hydrogen-bond acceptors (Lipinski definition) is 9. The number of methoxy groups -OCH3 is 1. The molecule has 4 rings (SSSR count). The summed E-state index contributed by atoms with van der Waals surface area (Å²) < 4.78 is 45.3. The summed E-state index contributed by atoms with van der Waals surface area (Å²) in [7, 11) is 1.63. The van der Waals surface area contributed by atoms with Crippen molar-refractivity contribution in [3.8, 4) is 5.75 Å². The number of thiophene rings is 1. The van der Waals surface area contributed by atoms with Gasteiger partial charge in [-0.2, -0.15) is 13.2 Å². The average molecular weight is 529 g/mol. The zero-order valence-electron chi connectivity index (χ0n) is 18.1. The van der Waals surface area contributed by atoms with E-state index in [1.807, 2.05) is 41.1 Å². The summed E-state index contributed by atoms with van der Waals surface area (Å²) in [6.45, 7) is 1.14. The average Bonchev–Trinajstić information content (AvgIpc) is 3.54. The highest BCUT2D eigenvalue weighted by Gasteiger charge is 2.38. The molecule has 14 heteroatoms. The number of anilines is 2. The lowest BCUT2D eigenvalue weighted by molar-refractivity contribution is -0.192. The topological polar surface area (TPSA) is 116 Å². The zero-order valence-corrected chi connectivity index (χ0v) is 19.7. The van der Waals surface area contributed by atoms with E-state index in [9.17, 15) is 18.0 Å². The normalized spacial score (nSPS) is 11.0. The van der Waals surface area contributed by atoms with Crippen molar-refractivity contribution < 1.29 is 37.3 Å². The third kappa shape index (κ3) is 7.42. The molecule has 0 atom stereocenters. The van der Waals surface area contributed by atoms with Crippen LogP contribution in [0, 0.1) is 0 Å². The molecule has 0 amide bonds. The SMILES string of the molecule is COc1ccccc1Nc1nc2sc(C(=O)OCCCn3ccnc3)cc2s1.O=C(O)C(F)(F)F. The first kappa shape index (κ1) is 26.0. The highest BCUT2D eigenvalue weighted by molar-refractivity contribution is 7.29. The van der Waals surface area contributed by atoms with Gasteiger partial charge in [0.25, 0.3) is 0 Å². The van der Waals surface area contributed by atoms with Crippen LogP contribution < -0.4 is 10.1 Å². The number of imidazole rings is 1. The number of aryl methyl sites for hydroxylation is 1. The molecule has 0 fully saturated rings. The summed E-state index contributed by atoms with van der Waals surface area (Å²) in [4.78, 5) is 31.1. The first-order valence-electron chi connectivity index (χ1n) is 9.90. The molecular formula is C21H19F3N4O5S2. The van der Waals surface area contributed by atoms with E-state index in [1.54, 1.807) is 19.6 Å². The van der Waals surface area contributed by atoms with Crippen LogP contribution in [0.3, 0.4) is 0 Å². The second kappa shape index (κ2) is 11.7. The van der Waals surface area contributed by atoms with Crippen LogP contribution in [0.1, 0.15) is 16.1 Å². The molecule has 9 nitrogen and oxygen atoms in total. The van der Waals surface area contributed by atoms with Gasteiger partial charge in [0.2, 0.25) is 0 Å². The number of thiazole rings is 1. The number of fused-ring (bicyclic) bond motifs is 1. The van der Waals surface area contributed by atoms with Crippen molar-refractivity contribution in [3.63, 3.8) is 0 Å². The minimum absolute atomic E-state index is 0.305. The van der Waals surface area contributed by atoms with Gasteiger partial charge < -0.3 is 24.5 Å². The number of esters is 1. The van der Waals surface area contributed by atoms with Gasteiger partial charge in [0, 0.05) is 18.9 Å². The minimum Gasteiger partial charge on any atom is -0.495 e. The fourth-order valence-corrected chi connectivity index (χ4v) is 4.68. The van der Waals surface area contributed by atoms with Crippen LogP contribution in [0.15, 0.2) is 49.1 Å². The van der Waals surface area contributed by atoms with E-state index < -0.39 is 12.1 Å². The Labute approximate surface area is 204 Å². The Bertz CT molecular complexity index is 1240. The minimum atomic E-state index is -5.08. The molecule has 0 saturated heterocycles. The van der Waals surface area contributed by atoms with Crippen molar-refractivity contribution in [1.29, 1.82) is 0 Å². The Morgan fingerprint density at radius 2 is 1.97 bits per heavy atom. The molecule has 0 spiro atoms. The number of aliphatic carboxylic acids is 1. The molecule has 0 saturated carbocycles. The largest absolute Gasteiger partial charge is 0.495 e. The van der Waals surface area contributed by atoms with Gasteiger partial charge in [0.15, 0.2) is 5.13 Å². The number of carbonyl (C=O) groups excluding carboxylic acids is 1. The van der Waals surface area contributed by atoms with E-state index in [4.69, 9.17) is 19.4 Å². The third-order valence-corrected chi connectivity index (χ3v) is 6.29. The van der Waals surface area contributed by atoms with Crippen molar-refractivity contribution in [3.05, 3.63) is 53.9 Å². The van der Waals surface area contributed by atoms with Gasteiger partial charge in [-0.1, -0.05) is 23.5 Å². The summed E-state index contributed by atoms with van der Waals surface area (Å²) in [5.74, 6) is -2.31. The second-order valence-electron chi connectivity index (χ2n) is 6.72. The summed E-state index contributed by atoms with van der Waals surface area (Å²) in [5.41, 5.74) is 0.851. The van der Waals surface area contributed by atoms with Crippen LogP contribution in [0.2, 0.25) is 0 Å². The van der Waals surface area contributed by atoms with Crippen LogP contribution in [0.4, 0.5) is 24.0 Å². The Kier molecular flexibility index (Phi) is 8.65. The van der Waals surface area contributed by atoms with Crippen molar-refractivity contribution in [2.24, 2.45) is 0 Å². The predicted octanol–water partition coefficient (Wildman–Crippen LogP) is 5.19. The van der Waals surface area contributed by atoms with Gasteiger partial charge in [-0.15, -0.1) is 11.3 Å². The van der Waals surface area contributed by atoms with Gasteiger partial charge in [-0.25, -0.2) is 19.6 Å². The molecule has 0 aliphatic carbocycles. The summed E-state index contributed by atoms with van der Waals surface area (Å²) in [6.07, 6.45) is 1.02. The van der Waals surface area contributed by atoms with E-state index in [0.717, 1.165) is 39.1 Å². The maximum absolute atomic E-state index is 12.2. The molecule has 0 aliphatic heterocycles. The molecule has 186 valence electrons. The molecule has 1 aromatic carbocycles. The van der Waals surface area contributed by atoms with Gasteiger partial charge in [-0.05, 0) is 24.6 Å². The summed E-state index contributed by atoms with van der Waals surface area (Å²) in [6, 6.07) is 9.50. The fourth-order valence-electron chi connectivity index (χ4n) is 2.65. The van der Waals surface area contributed by atoms with Crippen LogP contribution >= 0.6 is 22.7 Å². The van der Waals surface area contributed by atoms with E-state index in [1.165, 1.54) is 22.7 Å². The van der Waals surface area contributed by atoms with Gasteiger partial charge in [-0.3, -0.25) is 0 Å². The fraction of sp³-hybridized carbons (Fsp3) is 0.238. The number of carboxylic acids is 1. The van der Waals surface area contributed by atoms with E-state index >= 15 is 0 Å². The number of ether oxygens (including phenoxy) is 2. The number of rotatable bonds is 8. The van der Waals surface area contributed by atoms with Gasteiger partial charge in [0.05, 0.1) is 30.4 Å². The Hall–Kier alpha value is -3.65. The number of nitrogens with zero attached hydrogens (tertiary/aromatic N) is 3. The lowest BCUT2D eigenvalue weighted by Gasteiger charge is -2.07. The lowest BCUT2D eigenvalue weighted by Crippen LogP contribution is -2.21. The highest BCUT2D eigenvalue weighted by Crippen LogP contribution is 2.36. The van der Waals surface area contributed by atoms with Gasteiger partial charge >= 0.3 is 18.1 Å². The van der Waals surface area contributed by atoms with Crippen molar-refractivity contribution in [2.75, 3.05) is 19.0 Å². The maximum Gasteiger partial charge on any atom is 0.490 e. The van der Waals surface area contributed by atoms with Crippen LogP contribution in [0.25, 0.3) is 9.53 Å². The number of para-hydroxylation sites is 2. The summed E-state index contributed by atoms with van der Waals surface area (Å²) in [5, 5.41) is 11.1. The number of halogens is 3. The van der Waals surface area contributed by atoms with E-state index in [2.05, 4.69) is 15.3 Å². The lowest BCUT2D eigenvalue weighted by atomic mass is 10.3. The standard InChI is InChI=1S/C19H18N4O3S2.C2HF3O2/c1-25-14-6-3-2-5-13(14)21-19-22-17-15(28-19)11-16(27-17)18(24)26-10-4-8-23-9-7-20-12-23;3-2(4,5)1(6)7/h2-3,5-7,9,11-12H,4,8,10H2,1H3,(H,21,22);(H,6,7). The number of carboxylic acid groups (broad SMARTS) is 1. The number of nitrogens with one attached hydrogen (secondary N) is 1. The van der Waals surface area contributed by atoms with E-state index in [-0.39, 0.29) is 5.97 Å². The quantitative estimate of drug-likeness (QED) is 0.237. The van der Waals surface area contributed by atoms with Crippen LogP contribution in [-0.4, -0.2) is 51.5 Å². The van der Waals surface area contributed by atoms with Gasteiger partial charge in [0.1, 0.15) is 15.5 Å². The second-order valence-corrected chi connectivity index (χ2v) is 8.78. The monoisotopic (exact) mass is 528 g/mol. The first-order chi connectivity index (χ1) is 16.7. The number of alkyl halides is 3. The van der Waals surface area contributed by atoms with Crippen molar-refractivity contribution in [2.45, 2.75) is 19.1 Å². The molecule has 0 unspecified atom stereocenters. The molecule has 35 heavy (non-hydrogen) atoms. The number of aromatic nitrogens is 3. The summed E-state index contributed by atoms with van der Waals surface area (Å²) >= 11 is 2.83. The molecule has 2 N–H and O–H groups in total.